The number of hydrogen-bond donors (Lipinski definition) is 1. The zero-order valence-corrected chi connectivity index (χ0v) is 9.79. The highest BCUT2D eigenvalue weighted by Crippen LogP contribution is 2.29. The Morgan fingerprint density at radius 1 is 1.56 bits per heavy atom. The minimum Gasteiger partial charge on any atom is -0.397 e. The first-order valence-corrected chi connectivity index (χ1v) is 5.93. The molecule has 0 saturated heterocycles. The van der Waals surface area contributed by atoms with Crippen LogP contribution in [0.1, 0.15) is 19.2 Å². The number of aromatic nitrogens is 2. The molecule has 0 aliphatic heterocycles. The summed E-state index contributed by atoms with van der Waals surface area (Å²) in [5.41, 5.74) is 6.42. The van der Waals surface area contributed by atoms with E-state index in [1.54, 1.807) is 0 Å². The first-order chi connectivity index (χ1) is 7.81. The van der Waals surface area contributed by atoms with E-state index in [1.165, 1.54) is 11.3 Å². The average molecular weight is 239 g/mol. The van der Waals surface area contributed by atoms with Gasteiger partial charge in [-0.25, -0.2) is 0 Å². The van der Waals surface area contributed by atoms with E-state index in [9.17, 15) is 0 Å². The van der Waals surface area contributed by atoms with Crippen LogP contribution >= 0.6 is 11.3 Å². The molecule has 2 N–H and O–H groups in total. The number of thiophene rings is 1. The summed E-state index contributed by atoms with van der Waals surface area (Å²) in [6.45, 7) is 3.13. The van der Waals surface area contributed by atoms with Crippen LogP contribution in [0.5, 0.6) is 0 Å². The van der Waals surface area contributed by atoms with Crippen LogP contribution in [0, 0.1) is 0 Å². The van der Waals surface area contributed by atoms with Gasteiger partial charge in [-0.2, -0.15) is 4.98 Å². The van der Waals surface area contributed by atoms with Gasteiger partial charge in [0.25, 0.3) is 5.89 Å². The molecule has 2 rings (SSSR count). The van der Waals surface area contributed by atoms with Crippen molar-refractivity contribution in [3.05, 3.63) is 17.3 Å². The van der Waals surface area contributed by atoms with E-state index in [0.29, 0.717) is 30.6 Å². The van der Waals surface area contributed by atoms with Gasteiger partial charge < -0.3 is 15.0 Å². The third-order valence-electron chi connectivity index (χ3n) is 1.94. The minimum atomic E-state index is 0.378. The van der Waals surface area contributed by atoms with Crippen LogP contribution in [-0.4, -0.2) is 16.7 Å². The van der Waals surface area contributed by atoms with Gasteiger partial charge in [0.1, 0.15) is 11.5 Å². The molecule has 2 aromatic rings. The monoisotopic (exact) mass is 239 g/mol. The van der Waals surface area contributed by atoms with Crippen LogP contribution in [-0.2, 0) is 11.3 Å². The lowest BCUT2D eigenvalue weighted by molar-refractivity contribution is 0.114. The van der Waals surface area contributed by atoms with Crippen molar-refractivity contribution in [1.82, 2.24) is 10.1 Å². The molecule has 0 aromatic carbocycles. The molecule has 0 spiro atoms. The number of hydrogen-bond acceptors (Lipinski definition) is 6. The molecule has 0 aliphatic carbocycles. The molecule has 16 heavy (non-hydrogen) atoms. The molecule has 0 fully saturated rings. The van der Waals surface area contributed by atoms with E-state index in [1.807, 2.05) is 18.4 Å². The highest BCUT2D eigenvalue weighted by Gasteiger charge is 2.12. The number of nitrogens with two attached hydrogens (primary N) is 1. The van der Waals surface area contributed by atoms with Gasteiger partial charge >= 0.3 is 0 Å². The molecule has 86 valence electrons. The van der Waals surface area contributed by atoms with Crippen molar-refractivity contribution in [3.8, 4) is 10.8 Å². The highest BCUT2D eigenvalue weighted by molar-refractivity contribution is 7.14. The fraction of sp³-hybridized carbons (Fsp3) is 0.400. The maximum absolute atomic E-state index is 5.75. The number of nitrogen functional groups attached to an aromatic ring is 1. The Morgan fingerprint density at radius 2 is 2.44 bits per heavy atom. The predicted octanol–water partition coefficient (Wildman–Crippen LogP) is 2.31. The quantitative estimate of drug-likeness (QED) is 0.810. The molecule has 0 amide bonds. The standard InChI is InChI=1S/C10H13N3O2S/c1-2-4-14-6-8-12-10(15-13-8)9-7(11)3-5-16-9/h3,5H,2,4,6,11H2,1H3. The van der Waals surface area contributed by atoms with Crippen molar-refractivity contribution in [1.29, 1.82) is 0 Å². The van der Waals surface area contributed by atoms with E-state index in [4.69, 9.17) is 15.0 Å². The summed E-state index contributed by atoms with van der Waals surface area (Å²) in [5, 5.41) is 5.72. The topological polar surface area (TPSA) is 74.2 Å². The summed E-state index contributed by atoms with van der Waals surface area (Å²) in [6, 6.07) is 1.82. The molecule has 2 aromatic heterocycles. The molecule has 0 radical (unpaired) electrons. The number of anilines is 1. The van der Waals surface area contributed by atoms with Crippen LogP contribution < -0.4 is 5.73 Å². The molecule has 0 bridgehead atoms. The number of rotatable bonds is 5. The van der Waals surface area contributed by atoms with Crippen molar-refractivity contribution < 1.29 is 9.26 Å². The van der Waals surface area contributed by atoms with Gasteiger partial charge in [-0.1, -0.05) is 12.1 Å². The molecule has 0 aliphatic rings. The molecule has 5 nitrogen and oxygen atoms in total. The van der Waals surface area contributed by atoms with Gasteiger partial charge in [0, 0.05) is 6.61 Å². The van der Waals surface area contributed by atoms with Crippen molar-refractivity contribution in [3.63, 3.8) is 0 Å². The average Bonchev–Trinajstić information content (AvgIpc) is 2.87. The van der Waals surface area contributed by atoms with Gasteiger partial charge in [-0.3, -0.25) is 0 Å². The molecule has 2 heterocycles. The zero-order valence-electron chi connectivity index (χ0n) is 8.97. The molecular weight excluding hydrogens is 226 g/mol. The lowest BCUT2D eigenvalue weighted by Crippen LogP contribution is -1.95. The molecule has 0 saturated carbocycles. The Balaban J connectivity index is 2.05. The smallest absolute Gasteiger partial charge is 0.270 e. The van der Waals surface area contributed by atoms with E-state index < -0.39 is 0 Å². The fourth-order valence-electron chi connectivity index (χ4n) is 1.21. The third-order valence-corrected chi connectivity index (χ3v) is 2.86. The second-order valence-corrected chi connectivity index (χ2v) is 4.19. The lowest BCUT2D eigenvalue weighted by atomic mass is 10.4. The van der Waals surface area contributed by atoms with E-state index >= 15 is 0 Å². The maximum Gasteiger partial charge on any atom is 0.270 e. The Hall–Kier alpha value is -1.40. The summed E-state index contributed by atoms with van der Waals surface area (Å²) < 4.78 is 10.4. The summed E-state index contributed by atoms with van der Waals surface area (Å²) in [6.07, 6.45) is 0.975. The van der Waals surface area contributed by atoms with E-state index in [0.717, 1.165) is 11.3 Å². The van der Waals surface area contributed by atoms with Crippen LogP contribution in [0.25, 0.3) is 10.8 Å². The maximum atomic E-state index is 5.75. The zero-order chi connectivity index (χ0) is 11.4. The summed E-state index contributed by atoms with van der Waals surface area (Å²) in [5.74, 6) is 1.01. The molecule has 0 unspecified atom stereocenters. The van der Waals surface area contributed by atoms with Gasteiger partial charge in [0.15, 0.2) is 5.82 Å². The Morgan fingerprint density at radius 3 is 3.12 bits per heavy atom. The summed E-state index contributed by atoms with van der Waals surface area (Å²) in [7, 11) is 0. The number of nitrogens with zero attached hydrogens (tertiary/aromatic N) is 2. The van der Waals surface area contributed by atoms with Crippen LogP contribution in [0.15, 0.2) is 16.0 Å². The molecule has 0 atom stereocenters. The van der Waals surface area contributed by atoms with Gasteiger partial charge in [-0.15, -0.1) is 11.3 Å². The minimum absolute atomic E-state index is 0.378. The normalized spacial score (nSPS) is 10.8. The first-order valence-electron chi connectivity index (χ1n) is 5.05. The van der Waals surface area contributed by atoms with Gasteiger partial charge in [0.2, 0.25) is 0 Å². The van der Waals surface area contributed by atoms with Crippen LogP contribution in [0.4, 0.5) is 5.69 Å². The lowest BCUT2D eigenvalue weighted by Gasteiger charge is -1.95. The predicted molar refractivity (Wildman–Crippen MR) is 62.0 cm³/mol. The van der Waals surface area contributed by atoms with Crippen LogP contribution in [0.3, 0.4) is 0 Å². The Kier molecular flexibility index (Phi) is 3.53. The second-order valence-electron chi connectivity index (χ2n) is 3.27. The van der Waals surface area contributed by atoms with Crippen molar-refractivity contribution in [2.75, 3.05) is 12.3 Å². The van der Waals surface area contributed by atoms with Crippen LogP contribution in [0.2, 0.25) is 0 Å². The third kappa shape index (κ3) is 2.40. The summed E-state index contributed by atoms with van der Waals surface area (Å²) >= 11 is 1.48. The molecular formula is C10H13N3O2S. The SMILES string of the molecule is CCCOCc1noc(-c2sccc2N)n1. The Bertz CT molecular complexity index is 452. The van der Waals surface area contributed by atoms with Gasteiger partial charge in [0.05, 0.1) is 5.69 Å². The van der Waals surface area contributed by atoms with E-state index in [-0.39, 0.29) is 0 Å². The largest absolute Gasteiger partial charge is 0.397 e. The van der Waals surface area contributed by atoms with Crippen molar-refractivity contribution in [2.24, 2.45) is 0 Å². The van der Waals surface area contributed by atoms with Gasteiger partial charge in [-0.05, 0) is 17.9 Å². The van der Waals surface area contributed by atoms with E-state index in [2.05, 4.69) is 10.1 Å². The van der Waals surface area contributed by atoms with Crippen molar-refractivity contribution >= 4 is 17.0 Å². The first kappa shape index (κ1) is 11.1. The highest BCUT2D eigenvalue weighted by atomic mass is 32.1. The second kappa shape index (κ2) is 5.09. The fourth-order valence-corrected chi connectivity index (χ4v) is 1.94. The number of ether oxygens (including phenoxy) is 1. The summed E-state index contributed by atoms with van der Waals surface area (Å²) in [4.78, 5) is 5.03. The van der Waals surface area contributed by atoms with Crippen molar-refractivity contribution in [2.45, 2.75) is 20.0 Å². The Labute approximate surface area is 97.2 Å². The molecule has 6 heteroatoms.